The second-order valence-electron chi connectivity index (χ2n) is 5.98. The van der Waals surface area contributed by atoms with E-state index in [0.29, 0.717) is 0 Å². The monoisotopic (exact) mass is 274 g/mol. The van der Waals surface area contributed by atoms with E-state index in [0.717, 1.165) is 28.8 Å². The van der Waals surface area contributed by atoms with E-state index in [9.17, 15) is 0 Å². The van der Waals surface area contributed by atoms with Crippen molar-refractivity contribution in [1.82, 2.24) is 4.98 Å². The SMILES string of the molecule is CC(C)(N)c1c2c(nc3c(Cl)cccc13)CCCC2. The number of hydrogen-bond donors (Lipinski definition) is 1. The van der Waals surface area contributed by atoms with E-state index >= 15 is 0 Å². The smallest absolute Gasteiger partial charge is 0.0895 e. The molecule has 2 nitrogen and oxygen atoms in total. The second-order valence-corrected chi connectivity index (χ2v) is 6.38. The number of hydrogen-bond acceptors (Lipinski definition) is 2. The molecule has 19 heavy (non-hydrogen) atoms. The van der Waals surface area contributed by atoms with Gasteiger partial charge >= 0.3 is 0 Å². The van der Waals surface area contributed by atoms with Gasteiger partial charge in [0, 0.05) is 16.6 Å². The van der Waals surface area contributed by atoms with Crippen LogP contribution in [0.2, 0.25) is 5.02 Å². The van der Waals surface area contributed by atoms with Crippen molar-refractivity contribution in [2.24, 2.45) is 5.73 Å². The molecule has 1 aliphatic rings. The maximum absolute atomic E-state index is 6.43. The molecule has 3 rings (SSSR count). The van der Waals surface area contributed by atoms with E-state index in [4.69, 9.17) is 22.3 Å². The van der Waals surface area contributed by atoms with Crippen LogP contribution in [0.15, 0.2) is 18.2 Å². The van der Waals surface area contributed by atoms with Crippen molar-refractivity contribution in [2.75, 3.05) is 0 Å². The predicted molar refractivity (Wildman–Crippen MR) is 80.6 cm³/mol. The molecule has 1 aromatic carbocycles. The number of aryl methyl sites for hydroxylation is 1. The van der Waals surface area contributed by atoms with Gasteiger partial charge in [0.25, 0.3) is 0 Å². The lowest BCUT2D eigenvalue weighted by Gasteiger charge is -2.29. The van der Waals surface area contributed by atoms with Crippen molar-refractivity contribution >= 4 is 22.5 Å². The Kier molecular flexibility index (Phi) is 3.03. The Morgan fingerprint density at radius 3 is 2.68 bits per heavy atom. The molecule has 1 heterocycles. The predicted octanol–water partition coefficient (Wildman–Crippen LogP) is 3.96. The lowest BCUT2D eigenvalue weighted by molar-refractivity contribution is 0.541. The van der Waals surface area contributed by atoms with Crippen LogP contribution < -0.4 is 5.73 Å². The molecule has 0 aliphatic heterocycles. The highest BCUT2D eigenvalue weighted by Crippen LogP contribution is 2.36. The first-order valence-corrected chi connectivity index (χ1v) is 7.25. The molecule has 0 bridgehead atoms. The number of rotatable bonds is 1. The zero-order valence-corrected chi connectivity index (χ0v) is 12.2. The highest BCUT2D eigenvalue weighted by atomic mass is 35.5. The van der Waals surface area contributed by atoms with Crippen molar-refractivity contribution < 1.29 is 0 Å². The van der Waals surface area contributed by atoms with E-state index in [-0.39, 0.29) is 5.54 Å². The third kappa shape index (κ3) is 2.13. The summed E-state index contributed by atoms with van der Waals surface area (Å²) in [5, 5.41) is 1.83. The normalized spacial score (nSPS) is 15.6. The Morgan fingerprint density at radius 1 is 1.21 bits per heavy atom. The third-order valence-corrected chi connectivity index (χ3v) is 4.19. The van der Waals surface area contributed by atoms with Gasteiger partial charge in [-0.1, -0.05) is 23.7 Å². The van der Waals surface area contributed by atoms with E-state index in [1.165, 1.54) is 29.7 Å². The molecule has 2 N–H and O–H groups in total. The quantitative estimate of drug-likeness (QED) is 0.855. The topological polar surface area (TPSA) is 38.9 Å². The fourth-order valence-electron chi connectivity index (χ4n) is 3.15. The van der Waals surface area contributed by atoms with E-state index < -0.39 is 0 Å². The van der Waals surface area contributed by atoms with Gasteiger partial charge in [-0.15, -0.1) is 0 Å². The summed E-state index contributed by atoms with van der Waals surface area (Å²) in [7, 11) is 0. The molecule has 0 saturated heterocycles. The number of nitrogens with two attached hydrogens (primary N) is 1. The molecule has 100 valence electrons. The molecule has 1 aromatic heterocycles. The first-order valence-electron chi connectivity index (χ1n) is 6.88. The van der Waals surface area contributed by atoms with Crippen LogP contribution in [-0.2, 0) is 18.4 Å². The van der Waals surface area contributed by atoms with Crippen LogP contribution in [0.4, 0.5) is 0 Å². The van der Waals surface area contributed by atoms with Crippen LogP contribution >= 0.6 is 11.6 Å². The summed E-state index contributed by atoms with van der Waals surface area (Å²) in [5.74, 6) is 0. The van der Waals surface area contributed by atoms with Gasteiger partial charge in [0.2, 0.25) is 0 Å². The average molecular weight is 275 g/mol. The summed E-state index contributed by atoms with van der Waals surface area (Å²) in [5.41, 5.74) is 10.7. The van der Waals surface area contributed by atoms with Crippen LogP contribution in [0.3, 0.4) is 0 Å². The first-order chi connectivity index (χ1) is 8.98. The fourth-order valence-corrected chi connectivity index (χ4v) is 3.36. The highest BCUT2D eigenvalue weighted by molar-refractivity contribution is 6.35. The van der Waals surface area contributed by atoms with Gasteiger partial charge in [0.05, 0.1) is 10.5 Å². The molecule has 2 aromatic rings. The van der Waals surface area contributed by atoms with E-state index in [1.54, 1.807) is 0 Å². The van der Waals surface area contributed by atoms with Crippen molar-refractivity contribution in [3.05, 3.63) is 40.0 Å². The maximum Gasteiger partial charge on any atom is 0.0895 e. The summed E-state index contributed by atoms with van der Waals surface area (Å²) in [6.07, 6.45) is 4.56. The zero-order chi connectivity index (χ0) is 13.6. The Balaban J connectivity index is 2.44. The Hall–Kier alpha value is -1.12. The van der Waals surface area contributed by atoms with Gasteiger partial charge in [-0.3, -0.25) is 4.98 Å². The van der Waals surface area contributed by atoms with Crippen LogP contribution in [0, 0.1) is 0 Å². The van der Waals surface area contributed by atoms with E-state index in [2.05, 4.69) is 19.9 Å². The van der Waals surface area contributed by atoms with Gasteiger partial charge in [-0.05, 0) is 56.7 Å². The molecule has 0 spiro atoms. The number of halogens is 1. The summed E-state index contributed by atoms with van der Waals surface area (Å²) in [6.45, 7) is 4.13. The molecule has 0 radical (unpaired) electrons. The zero-order valence-electron chi connectivity index (χ0n) is 11.5. The third-order valence-electron chi connectivity index (χ3n) is 3.89. The van der Waals surface area contributed by atoms with Crippen LogP contribution in [-0.4, -0.2) is 4.98 Å². The van der Waals surface area contributed by atoms with Crippen LogP contribution in [0.1, 0.15) is 43.5 Å². The molecule has 1 aliphatic carbocycles. The maximum atomic E-state index is 6.43. The summed E-state index contributed by atoms with van der Waals surface area (Å²) < 4.78 is 0. The number of benzene rings is 1. The number of aromatic nitrogens is 1. The molecule has 3 heteroatoms. The first kappa shape index (κ1) is 12.9. The van der Waals surface area contributed by atoms with Crippen molar-refractivity contribution in [1.29, 1.82) is 0 Å². The minimum absolute atomic E-state index is 0.368. The van der Waals surface area contributed by atoms with Gasteiger partial charge in [-0.25, -0.2) is 0 Å². The standard InChI is InChI=1S/C16H19ClN2/c1-16(2,18)14-10-6-3-4-9-13(10)19-15-11(14)7-5-8-12(15)17/h5,7-8H,3-4,6,9,18H2,1-2H3. The van der Waals surface area contributed by atoms with Crippen LogP contribution in [0.5, 0.6) is 0 Å². The fraction of sp³-hybridized carbons (Fsp3) is 0.438. The minimum atomic E-state index is -0.368. The molecular formula is C16H19ClN2. The Labute approximate surface area is 119 Å². The van der Waals surface area contributed by atoms with Crippen molar-refractivity contribution in [2.45, 2.75) is 45.1 Å². The molecular weight excluding hydrogens is 256 g/mol. The van der Waals surface area contributed by atoms with Gasteiger partial charge in [-0.2, -0.15) is 0 Å². The van der Waals surface area contributed by atoms with Crippen molar-refractivity contribution in [3.63, 3.8) is 0 Å². The Morgan fingerprint density at radius 2 is 1.95 bits per heavy atom. The van der Waals surface area contributed by atoms with Crippen molar-refractivity contribution in [3.8, 4) is 0 Å². The summed E-state index contributed by atoms with van der Waals surface area (Å²) >= 11 is 6.32. The number of pyridine rings is 1. The summed E-state index contributed by atoms with van der Waals surface area (Å²) in [4.78, 5) is 4.80. The number of nitrogens with zero attached hydrogens (tertiary/aromatic N) is 1. The largest absolute Gasteiger partial charge is 0.322 e. The summed E-state index contributed by atoms with van der Waals surface area (Å²) in [6, 6.07) is 5.98. The van der Waals surface area contributed by atoms with Gasteiger partial charge in [0.15, 0.2) is 0 Å². The second kappa shape index (κ2) is 4.46. The molecule has 0 fully saturated rings. The lowest BCUT2D eigenvalue weighted by Crippen LogP contribution is -2.31. The lowest BCUT2D eigenvalue weighted by atomic mass is 9.82. The van der Waals surface area contributed by atoms with Crippen LogP contribution in [0.25, 0.3) is 10.9 Å². The Bertz CT molecular complexity index is 641. The van der Waals surface area contributed by atoms with Gasteiger partial charge in [0.1, 0.15) is 0 Å². The highest BCUT2D eigenvalue weighted by Gasteiger charge is 2.26. The molecule has 0 unspecified atom stereocenters. The molecule has 0 amide bonds. The number of fused-ring (bicyclic) bond motifs is 2. The molecule has 0 atom stereocenters. The average Bonchev–Trinajstić information content (AvgIpc) is 2.35. The van der Waals surface area contributed by atoms with Gasteiger partial charge < -0.3 is 5.73 Å². The minimum Gasteiger partial charge on any atom is -0.322 e. The van der Waals surface area contributed by atoms with E-state index in [1.807, 2.05) is 12.1 Å². The molecule has 0 saturated carbocycles. The number of para-hydroxylation sites is 1.